The second kappa shape index (κ2) is 10.2. The van der Waals surface area contributed by atoms with Crippen molar-refractivity contribution in [2.24, 2.45) is 0 Å². The molecule has 4 aromatic rings. The molecule has 1 fully saturated rings. The maximum atomic E-state index is 14.1. The molecular formula is C28H29N5O2. The largest absolute Gasteiger partial charge is 0.381 e. The van der Waals surface area contributed by atoms with Crippen LogP contribution >= 0.6 is 0 Å². The highest BCUT2D eigenvalue weighted by atomic mass is 16.5. The van der Waals surface area contributed by atoms with Crippen molar-refractivity contribution >= 4 is 5.78 Å². The highest BCUT2D eigenvalue weighted by molar-refractivity contribution is 5.72. The van der Waals surface area contributed by atoms with Crippen LogP contribution in [0.15, 0.2) is 59.7 Å². The first-order valence-electron chi connectivity index (χ1n) is 12.3. The molecule has 0 saturated carbocycles. The lowest BCUT2D eigenvalue weighted by molar-refractivity contribution is 0.0693. The van der Waals surface area contributed by atoms with Crippen molar-refractivity contribution in [1.82, 2.24) is 19.2 Å². The minimum Gasteiger partial charge on any atom is -0.381 e. The topological polar surface area (TPSA) is 85.2 Å². The third kappa shape index (κ3) is 4.38. The molecule has 3 heterocycles. The van der Waals surface area contributed by atoms with Crippen molar-refractivity contribution in [3.8, 4) is 17.2 Å². The summed E-state index contributed by atoms with van der Waals surface area (Å²) in [6, 6.07) is 18.2. The number of fused-ring (bicyclic) bond motifs is 1. The zero-order valence-electron chi connectivity index (χ0n) is 20.0. The molecule has 0 N–H and O–H groups in total. The standard InChI is InChI=1S/C28H29N5O2/c1-2-3-12-26-24(17-21-10-7-11-23(25(21)18-29)20-8-5-4-6-9-20)27(34)32(22-13-15-35-16-14-22)28-30-19-31-33(26)28/h4-11,19,22H,2-3,12-17H2,1H3. The van der Waals surface area contributed by atoms with E-state index in [-0.39, 0.29) is 11.6 Å². The Morgan fingerprint density at radius 2 is 1.91 bits per heavy atom. The Morgan fingerprint density at radius 1 is 1.11 bits per heavy atom. The van der Waals surface area contributed by atoms with Crippen LogP contribution in [0.4, 0.5) is 0 Å². The van der Waals surface area contributed by atoms with Gasteiger partial charge in [-0.1, -0.05) is 61.9 Å². The first kappa shape index (κ1) is 23.0. The maximum Gasteiger partial charge on any atom is 0.259 e. The number of aryl methyl sites for hydroxylation is 1. The Labute approximate surface area is 204 Å². The lowest BCUT2D eigenvalue weighted by Crippen LogP contribution is -2.34. The summed E-state index contributed by atoms with van der Waals surface area (Å²) < 4.78 is 9.20. The molecule has 7 heteroatoms. The van der Waals surface area contributed by atoms with Crippen LogP contribution in [-0.4, -0.2) is 32.4 Å². The molecule has 1 saturated heterocycles. The molecule has 5 rings (SSSR count). The summed E-state index contributed by atoms with van der Waals surface area (Å²) in [6.07, 6.45) is 6.12. The molecule has 0 amide bonds. The van der Waals surface area contributed by atoms with Crippen LogP contribution in [0.25, 0.3) is 16.9 Å². The molecule has 7 nitrogen and oxygen atoms in total. The van der Waals surface area contributed by atoms with Crippen molar-refractivity contribution in [1.29, 1.82) is 5.26 Å². The summed E-state index contributed by atoms with van der Waals surface area (Å²) in [6.45, 7) is 3.39. The van der Waals surface area contributed by atoms with Gasteiger partial charge in [0.2, 0.25) is 5.78 Å². The first-order valence-corrected chi connectivity index (χ1v) is 12.3. The number of hydrogen-bond donors (Lipinski definition) is 0. The van der Waals surface area contributed by atoms with E-state index in [0.717, 1.165) is 54.5 Å². The van der Waals surface area contributed by atoms with Crippen LogP contribution in [0.2, 0.25) is 0 Å². The Bertz CT molecular complexity index is 1430. The quantitative estimate of drug-likeness (QED) is 0.393. The van der Waals surface area contributed by atoms with Crippen molar-refractivity contribution in [2.45, 2.75) is 51.5 Å². The molecule has 0 aliphatic carbocycles. The first-order chi connectivity index (χ1) is 17.2. The van der Waals surface area contributed by atoms with Gasteiger partial charge in [0.05, 0.1) is 11.3 Å². The van der Waals surface area contributed by atoms with Gasteiger partial charge in [0.1, 0.15) is 12.4 Å². The minimum atomic E-state index is -0.0301. The Balaban J connectivity index is 1.69. The molecule has 0 bridgehead atoms. The van der Waals surface area contributed by atoms with Gasteiger partial charge < -0.3 is 4.74 Å². The molecule has 0 radical (unpaired) electrons. The third-order valence-corrected chi connectivity index (χ3v) is 6.86. The lowest BCUT2D eigenvalue weighted by Gasteiger charge is -2.26. The Kier molecular flexibility index (Phi) is 6.73. The van der Waals surface area contributed by atoms with E-state index in [1.807, 2.05) is 57.6 Å². The van der Waals surface area contributed by atoms with E-state index in [4.69, 9.17) is 4.74 Å². The van der Waals surface area contributed by atoms with E-state index in [0.29, 0.717) is 36.5 Å². The van der Waals surface area contributed by atoms with Gasteiger partial charge in [-0.2, -0.15) is 15.3 Å². The maximum absolute atomic E-state index is 14.1. The summed E-state index contributed by atoms with van der Waals surface area (Å²) in [4.78, 5) is 18.6. The fourth-order valence-corrected chi connectivity index (χ4v) is 5.06. The van der Waals surface area contributed by atoms with Gasteiger partial charge in [0.15, 0.2) is 0 Å². The molecule has 2 aromatic heterocycles. The fraction of sp³-hybridized carbons (Fsp3) is 0.357. The molecule has 2 aromatic carbocycles. The van der Waals surface area contributed by atoms with Crippen LogP contribution in [-0.2, 0) is 17.6 Å². The summed E-state index contributed by atoms with van der Waals surface area (Å²) in [5, 5.41) is 14.7. The van der Waals surface area contributed by atoms with Crippen molar-refractivity contribution < 1.29 is 4.74 Å². The molecule has 35 heavy (non-hydrogen) atoms. The number of benzene rings is 2. The second-order valence-corrected chi connectivity index (χ2v) is 9.01. The number of ether oxygens (including phenoxy) is 1. The predicted octanol–water partition coefficient (Wildman–Crippen LogP) is 4.71. The summed E-state index contributed by atoms with van der Waals surface area (Å²) in [7, 11) is 0. The van der Waals surface area contributed by atoms with Crippen LogP contribution < -0.4 is 5.56 Å². The van der Waals surface area contributed by atoms with E-state index in [1.165, 1.54) is 6.33 Å². The summed E-state index contributed by atoms with van der Waals surface area (Å²) in [5.41, 5.74) is 4.89. The van der Waals surface area contributed by atoms with Gasteiger partial charge in [0.25, 0.3) is 5.56 Å². The van der Waals surface area contributed by atoms with Crippen molar-refractivity contribution in [2.75, 3.05) is 13.2 Å². The number of aromatic nitrogens is 4. The van der Waals surface area contributed by atoms with Crippen LogP contribution in [0.5, 0.6) is 0 Å². The fourth-order valence-electron chi connectivity index (χ4n) is 5.06. The number of nitrogens with zero attached hydrogens (tertiary/aromatic N) is 5. The lowest BCUT2D eigenvalue weighted by atomic mass is 9.92. The molecule has 0 atom stereocenters. The third-order valence-electron chi connectivity index (χ3n) is 6.86. The van der Waals surface area contributed by atoms with E-state index >= 15 is 0 Å². The monoisotopic (exact) mass is 467 g/mol. The van der Waals surface area contributed by atoms with Gasteiger partial charge in [-0.05, 0) is 42.4 Å². The number of nitriles is 1. The molecular weight excluding hydrogens is 438 g/mol. The SMILES string of the molecule is CCCCc1c(Cc2cccc(-c3ccccc3)c2C#N)c(=O)n(C2CCOCC2)c2ncnn12. The van der Waals surface area contributed by atoms with Crippen molar-refractivity contribution in [3.63, 3.8) is 0 Å². The van der Waals surface area contributed by atoms with E-state index in [9.17, 15) is 10.1 Å². The molecule has 0 unspecified atom stereocenters. The minimum absolute atomic E-state index is 0.0213. The molecule has 1 aliphatic rings. The highest BCUT2D eigenvalue weighted by Gasteiger charge is 2.26. The predicted molar refractivity (Wildman–Crippen MR) is 134 cm³/mol. The smallest absolute Gasteiger partial charge is 0.259 e. The van der Waals surface area contributed by atoms with Crippen molar-refractivity contribution in [3.05, 3.63) is 87.6 Å². The molecule has 0 spiro atoms. The Hall–Kier alpha value is -3.76. The van der Waals surface area contributed by atoms with Gasteiger partial charge in [0, 0.05) is 31.2 Å². The zero-order valence-corrected chi connectivity index (χ0v) is 20.0. The molecule has 1 aliphatic heterocycles. The van der Waals surface area contributed by atoms with E-state index < -0.39 is 0 Å². The number of rotatable bonds is 7. The van der Waals surface area contributed by atoms with E-state index in [1.54, 1.807) is 0 Å². The number of unbranched alkanes of at least 4 members (excludes halogenated alkanes) is 1. The second-order valence-electron chi connectivity index (χ2n) is 9.01. The highest BCUT2D eigenvalue weighted by Crippen LogP contribution is 2.28. The average Bonchev–Trinajstić information content (AvgIpc) is 3.38. The van der Waals surface area contributed by atoms with Crippen LogP contribution in [0.3, 0.4) is 0 Å². The summed E-state index contributed by atoms with van der Waals surface area (Å²) >= 11 is 0. The van der Waals surface area contributed by atoms with Gasteiger partial charge >= 0.3 is 0 Å². The van der Waals surface area contributed by atoms with Crippen LogP contribution in [0, 0.1) is 11.3 Å². The zero-order chi connectivity index (χ0) is 24.2. The van der Waals surface area contributed by atoms with Gasteiger partial charge in [-0.3, -0.25) is 9.36 Å². The van der Waals surface area contributed by atoms with Crippen LogP contribution in [0.1, 0.15) is 61.0 Å². The van der Waals surface area contributed by atoms with E-state index in [2.05, 4.69) is 23.1 Å². The normalized spacial score (nSPS) is 14.3. The van der Waals surface area contributed by atoms with Gasteiger partial charge in [-0.15, -0.1) is 0 Å². The Morgan fingerprint density at radius 3 is 2.66 bits per heavy atom. The average molecular weight is 468 g/mol. The number of hydrogen-bond acceptors (Lipinski definition) is 5. The molecule has 178 valence electrons. The van der Waals surface area contributed by atoms with Gasteiger partial charge in [-0.25, -0.2) is 4.52 Å². The summed E-state index contributed by atoms with van der Waals surface area (Å²) in [5.74, 6) is 0.593.